The third-order valence-electron chi connectivity index (χ3n) is 8.44. The number of benzene rings is 2. The largest absolute Gasteiger partial charge is 0.488 e. The zero-order valence-corrected chi connectivity index (χ0v) is 24.3. The molecule has 2 aliphatic rings. The van der Waals surface area contributed by atoms with Gasteiger partial charge in [0.05, 0.1) is 25.6 Å². The van der Waals surface area contributed by atoms with E-state index in [1.165, 1.54) is 46.7 Å². The van der Waals surface area contributed by atoms with E-state index in [0.29, 0.717) is 24.2 Å². The zero-order chi connectivity index (χ0) is 29.2. The maximum Gasteiger partial charge on any atom is 0.342 e. The summed E-state index contributed by atoms with van der Waals surface area (Å²) < 4.78 is 19.0. The summed E-state index contributed by atoms with van der Waals surface area (Å²) in [6, 6.07) is 16.5. The number of aromatic carboxylic acids is 1. The number of carboxylic acid groups (broad SMARTS) is 1. The van der Waals surface area contributed by atoms with E-state index in [2.05, 4.69) is 29.1 Å². The molecule has 4 heterocycles. The van der Waals surface area contributed by atoms with Gasteiger partial charge in [-0.2, -0.15) is 9.78 Å². The fraction of sp³-hybridized carbons (Fsp3) is 0.364. The van der Waals surface area contributed by atoms with Gasteiger partial charge in [0.25, 0.3) is 0 Å². The summed E-state index contributed by atoms with van der Waals surface area (Å²) in [7, 11) is 1.42. The van der Waals surface area contributed by atoms with Crippen LogP contribution in [0.1, 0.15) is 51.0 Å². The van der Waals surface area contributed by atoms with Crippen molar-refractivity contribution in [2.75, 3.05) is 26.9 Å². The monoisotopic (exact) mass is 568 g/mol. The van der Waals surface area contributed by atoms with Gasteiger partial charge in [-0.15, -0.1) is 0 Å². The van der Waals surface area contributed by atoms with E-state index < -0.39 is 5.97 Å². The Hall–Kier alpha value is -4.21. The lowest BCUT2D eigenvalue weighted by Crippen LogP contribution is -2.44. The van der Waals surface area contributed by atoms with Crippen LogP contribution in [0.4, 0.5) is 0 Å². The Balaban J connectivity index is 1.24. The normalized spacial score (nSPS) is 17.1. The number of pyridine rings is 1. The van der Waals surface area contributed by atoms with Crippen LogP contribution in [0.2, 0.25) is 0 Å². The van der Waals surface area contributed by atoms with Crippen LogP contribution >= 0.6 is 0 Å². The van der Waals surface area contributed by atoms with E-state index in [9.17, 15) is 9.90 Å². The first-order valence-electron chi connectivity index (χ1n) is 14.4. The molecular weight excluding hydrogens is 532 g/mol. The van der Waals surface area contributed by atoms with Crippen molar-refractivity contribution in [3.8, 4) is 28.7 Å². The highest BCUT2D eigenvalue weighted by molar-refractivity contribution is 5.90. The van der Waals surface area contributed by atoms with Crippen LogP contribution in [0, 0.1) is 13.8 Å². The highest BCUT2D eigenvalue weighted by atomic mass is 16.5. The van der Waals surface area contributed by atoms with Gasteiger partial charge in [0.1, 0.15) is 17.9 Å². The summed E-state index contributed by atoms with van der Waals surface area (Å²) in [6.45, 7) is 8.46. The number of carboxylic acids is 1. The van der Waals surface area contributed by atoms with Crippen LogP contribution in [-0.2, 0) is 24.3 Å². The molecule has 42 heavy (non-hydrogen) atoms. The molecule has 0 spiro atoms. The third kappa shape index (κ3) is 5.37. The minimum Gasteiger partial charge on any atom is -0.488 e. The number of aryl methyl sites for hydroxylation is 1. The summed E-state index contributed by atoms with van der Waals surface area (Å²) in [6.07, 6.45) is 4.67. The summed E-state index contributed by atoms with van der Waals surface area (Å²) in [5.41, 5.74) is 7.86. The minimum atomic E-state index is -1.11. The van der Waals surface area contributed by atoms with Gasteiger partial charge in [-0.25, -0.2) is 9.78 Å². The van der Waals surface area contributed by atoms with Crippen molar-refractivity contribution in [2.45, 2.75) is 52.3 Å². The molecule has 9 nitrogen and oxygen atoms in total. The third-order valence-corrected chi connectivity index (χ3v) is 8.44. The molecular formula is C33H36N4O5. The van der Waals surface area contributed by atoms with Gasteiger partial charge in [-0.1, -0.05) is 30.3 Å². The number of carbonyl (C=O) groups is 1. The predicted molar refractivity (Wildman–Crippen MR) is 159 cm³/mol. The first-order valence-corrected chi connectivity index (χ1v) is 14.4. The lowest BCUT2D eigenvalue weighted by Gasteiger charge is -2.38. The predicted octanol–water partition coefficient (Wildman–Crippen LogP) is 5.37. The van der Waals surface area contributed by atoms with Gasteiger partial charge >= 0.3 is 5.97 Å². The van der Waals surface area contributed by atoms with E-state index in [1.807, 2.05) is 37.3 Å². The van der Waals surface area contributed by atoms with Gasteiger partial charge in [-0.3, -0.25) is 4.90 Å². The zero-order valence-electron chi connectivity index (χ0n) is 24.3. The van der Waals surface area contributed by atoms with Crippen molar-refractivity contribution in [3.05, 3.63) is 88.1 Å². The number of hydrogen-bond donors (Lipinski definition) is 1. The Morgan fingerprint density at radius 2 is 2.00 bits per heavy atom. The molecule has 2 aromatic heterocycles. The average Bonchev–Trinajstić information content (AvgIpc) is 3.46. The van der Waals surface area contributed by atoms with E-state index in [0.717, 1.165) is 56.0 Å². The Labute approximate surface area is 245 Å². The van der Waals surface area contributed by atoms with Crippen molar-refractivity contribution in [2.24, 2.45) is 0 Å². The van der Waals surface area contributed by atoms with Gasteiger partial charge < -0.3 is 19.3 Å². The van der Waals surface area contributed by atoms with E-state index in [1.54, 1.807) is 6.07 Å². The molecule has 6 rings (SSSR count). The first kappa shape index (κ1) is 27.9. The molecule has 2 aromatic carbocycles. The molecule has 0 bridgehead atoms. The highest BCUT2D eigenvalue weighted by Crippen LogP contribution is 2.35. The van der Waals surface area contributed by atoms with Gasteiger partial charge in [0.2, 0.25) is 5.88 Å². The Morgan fingerprint density at radius 3 is 2.79 bits per heavy atom. The summed E-state index contributed by atoms with van der Waals surface area (Å²) in [5, 5.41) is 13.7. The smallest absolute Gasteiger partial charge is 0.342 e. The molecule has 1 N–H and O–H groups in total. The van der Waals surface area contributed by atoms with Crippen molar-refractivity contribution in [3.63, 3.8) is 0 Å². The van der Waals surface area contributed by atoms with Gasteiger partial charge in [0.15, 0.2) is 5.82 Å². The van der Waals surface area contributed by atoms with Crippen molar-refractivity contribution in [1.29, 1.82) is 0 Å². The van der Waals surface area contributed by atoms with Crippen LogP contribution in [0.5, 0.6) is 11.6 Å². The molecule has 0 amide bonds. The number of aromatic nitrogens is 3. The van der Waals surface area contributed by atoms with Crippen molar-refractivity contribution in [1.82, 2.24) is 19.7 Å². The number of hydrogen-bond acceptors (Lipinski definition) is 7. The Bertz CT molecular complexity index is 1610. The van der Waals surface area contributed by atoms with Crippen LogP contribution in [0.3, 0.4) is 0 Å². The van der Waals surface area contributed by atoms with Gasteiger partial charge in [0, 0.05) is 31.3 Å². The molecule has 9 heteroatoms. The lowest BCUT2D eigenvalue weighted by atomic mass is 9.91. The van der Waals surface area contributed by atoms with Crippen LogP contribution in [0.25, 0.3) is 17.1 Å². The number of para-hydroxylation sites is 1. The van der Waals surface area contributed by atoms with Crippen molar-refractivity contribution >= 4 is 5.97 Å². The van der Waals surface area contributed by atoms with E-state index >= 15 is 0 Å². The number of nitrogens with zero attached hydrogens (tertiary/aromatic N) is 4. The quantitative estimate of drug-likeness (QED) is 0.303. The lowest BCUT2D eigenvalue weighted by molar-refractivity contribution is 0.0125. The Kier molecular flexibility index (Phi) is 7.95. The van der Waals surface area contributed by atoms with E-state index in [-0.39, 0.29) is 11.4 Å². The molecule has 4 aromatic rings. The maximum atomic E-state index is 11.6. The number of methoxy groups -OCH3 is 1. The molecule has 0 saturated carbocycles. The number of rotatable bonds is 8. The number of fused-ring (bicyclic) bond motifs is 1. The minimum absolute atomic E-state index is 0.0274. The molecule has 218 valence electrons. The maximum absolute atomic E-state index is 11.6. The van der Waals surface area contributed by atoms with Crippen molar-refractivity contribution < 1.29 is 24.1 Å². The summed E-state index contributed by atoms with van der Waals surface area (Å²) in [5.74, 6) is 0.216. The second kappa shape index (κ2) is 12.0. The van der Waals surface area contributed by atoms with Crippen LogP contribution in [0.15, 0.2) is 54.7 Å². The standard InChI is InChI=1S/C33H36N4O5/c1-21-7-4-9-27(29-10-5-11-30(35-29)37-32(40-3)28(17-34-37)33(38)39)31(21)42-19-24-13-12-23-18-36(15-14-26(23)22(24)2)25-8-6-16-41-20-25/h4-5,7,9-13,17,25H,6,8,14-16,18-20H2,1-3H3,(H,38,39)/t25-/m1/s1. The first-order chi connectivity index (χ1) is 20.4. The van der Waals surface area contributed by atoms with Gasteiger partial charge in [-0.05, 0) is 79.1 Å². The molecule has 2 aliphatic heterocycles. The summed E-state index contributed by atoms with van der Waals surface area (Å²) in [4.78, 5) is 19.0. The molecule has 1 fully saturated rings. The second-order valence-corrected chi connectivity index (χ2v) is 11.0. The molecule has 0 radical (unpaired) electrons. The summed E-state index contributed by atoms with van der Waals surface area (Å²) >= 11 is 0. The molecule has 1 atom stereocenters. The molecule has 0 unspecified atom stereocenters. The SMILES string of the molecule is COc1c(C(=O)O)cnn1-c1cccc(-c2cccc(C)c2OCc2ccc3c(c2C)CCN([C@@H]2CCCOC2)C3)n1. The van der Waals surface area contributed by atoms with Crippen LogP contribution in [-0.4, -0.2) is 63.7 Å². The fourth-order valence-corrected chi connectivity index (χ4v) is 6.12. The molecule has 1 saturated heterocycles. The Morgan fingerprint density at radius 1 is 1.14 bits per heavy atom. The topological polar surface area (TPSA) is 98.9 Å². The second-order valence-electron chi connectivity index (χ2n) is 11.0. The number of ether oxygens (including phenoxy) is 3. The average molecular weight is 569 g/mol. The van der Waals surface area contributed by atoms with Crippen LogP contribution < -0.4 is 9.47 Å². The highest BCUT2D eigenvalue weighted by Gasteiger charge is 2.27. The van der Waals surface area contributed by atoms with E-state index in [4.69, 9.17) is 19.2 Å². The molecule has 0 aliphatic carbocycles. The fourth-order valence-electron chi connectivity index (χ4n) is 6.12.